The zero-order valence-corrected chi connectivity index (χ0v) is 12.0. The van der Waals surface area contributed by atoms with Crippen LogP contribution < -0.4 is 0 Å². The van der Waals surface area contributed by atoms with E-state index in [0.717, 1.165) is 18.7 Å². The highest BCUT2D eigenvalue weighted by Gasteiger charge is 2.31. The van der Waals surface area contributed by atoms with E-state index in [0.29, 0.717) is 26.7 Å². The standard InChI is InChI=1S/C11H7Cl4N3/c12-6-3-8(14)9(4-7(6)13)18-10(5-1-2-5)16-17-11(18)15/h3-5H,1-2H2. The maximum atomic E-state index is 6.18. The summed E-state index contributed by atoms with van der Waals surface area (Å²) >= 11 is 24.2. The van der Waals surface area contributed by atoms with Gasteiger partial charge < -0.3 is 0 Å². The van der Waals surface area contributed by atoms with Crippen LogP contribution in [0, 0.1) is 0 Å². The van der Waals surface area contributed by atoms with E-state index in [4.69, 9.17) is 46.4 Å². The fourth-order valence-electron chi connectivity index (χ4n) is 1.79. The zero-order valence-electron chi connectivity index (χ0n) is 9.00. The van der Waals surface area contributed by atoms with Gasteiger partial charge in [0.1, 0.15) is 5.82 Å². The number of benzene rings is 1. The van der Waals surface area contributed by atoms with Gasteiger partial charge in [-0.1, -0.05) is 34.8 Å². The molecule has 18 heavy (non-hydrogen) atoms. The molecule has 0 spiro atoms. The average molecular weight is 323 g/mol. The summed E-state index contributed by atoms with van der Waals surface area (Å²) in [6.45, 7) is 0. The molecule has 1 fully saturated rings. The monoisotopic (exact) mass is 321 g/mol. The lowest BCUT2D eigenvalue weighted by Crippen LogP contribution is -2.01. The first kappa shape index (κ1) is 12.5. The Balaban J connectivity index is 2.20. The molecule has 0 aliphatic heterocycles. The van der Waals surface area contributed by atoms with E-state index in [9.17, 15) is 0 Å². The van der Waals surface area contributed by atoms with E-state index in [-0.39, 0.29) is 5.28 Å². The van der Waals surface area contributed by atoms with Gasteiger partial charge in [-0.05, 0) is 36.6 Å². The molecular formula is C11H7Cl4N3. The topological polar surface area (TPSA) is 30.7 Å². The number of hydrogen-bond donors (Lipinski definition) is 0. The van der Waals surface area contributed by atoms with E-state index in [1.165, 1.54) is 0 Å². The Morgan fingerprint density at radius 3 is 2.28 bits per heavy atom. The Bertz CT molecular complexity index is 619. The van der Waals surface area contributed by atoms with Gasteiger partial charge in [-0.2, -0.15) is 0 Å². The first-order valence-corrected chi connectivity index (χ1v) is 6.85. The smallest absolute Gasteiger partial charge is 0.229 e. The Kier molecular flexibility index (Phi) is 3.18. The van der Waals surface area contributed by atoms with E-state index in [1.54, 1.807) is 16.7 Å². The highest BCUT2D eigenvalue weighted by atomic mass is 35.5. The molecule has 7 heteroatoms. The fraction of sp³-hybridized carbons (Fsp3) is 0.273. The molecule has 1 saturated carbocycles. The van der Waals surface area contributed by atoms with E-state index < -0.39 is 0 Å². The number of nitrogens with zero attached hydrogens (tertiary/aromatic N) is 3. The molecule has 94 valence electrons. The van der Waals surface area contributed by atoms with E-state index in [1.807, 2.05) is 0 Å². The van der Waals surface area contributed by atoms with E-state index in [2.05, 4.69) is 10.2 Å². The van der Waals surface area contributed by atoms with Crippen LogP contribution in [-0.2, 0) is 0 Å². The van der Waals surface area contributed by atoms with Gasteiger partial charge in [0.2, 0.25) is 5.28 Å². The highest BCUT2D eigenvalue weighted by Crippen LogP contribution is 2.42. The summed E-state index contributed by atoms with van der Waals surface area (Å²) in [5.74, 6) is 1.22. The van der Waals surface area contributed by atoms with Gasteiger partial charge in [-0.25, -0.2) is 0 Å². The summed E-state index contributed by atoms with van der Waals surface area (Å²) in [5.41, 5.74) is 0.656. The minimum atomic E-state index is 0.275. The lowest BCUT2D eigenvalue weighted by atomic mass is 10.3. The average Bonchev–Trinajstić information content (AvgIpc) is 3.09. The van der Waals surface area contributed by atoms with Crippen LogP contribution in [0.5, 0.6) is 0 Å². The minimum Gasteiger partial charge on any atom is -0.268 e. The molecule has 0 amide bonds. The fourth-order valence-corrected chi connectivity index (χ4v) is 2.63. The van der Waals surface area contributed by atoms with Gasteiger partial charge in [0, 0.05) is 5.92 Å². The van der Waals surface area contributed by atoms with Crippen LogP contribution in [-0.4, -0.2) is 14.8 Å². The van der Waals surface area contributed by atoms with Crippen molar-refractivity contribution in [3.63, 3.8) is 0 Å². The molecule has 0 unspecified atom stereocenters. The Morgan fingerprint density at radius 1 is 0.944 bits per heavy atom. The molecule has 0 N–H and O–H groups in total. The van der Waals surface area contributed by atoms with Crippen LogP contribution in [0.1, 0.15) is 24.6 Å². The third-order valence-corrected chi connectivity index (χ3v) is 4.09. The third kappa shape index (κ3) is 2.10. The second-order valence-corrected chi connectivity index (χ2v) is 5.71. The first-order chi connectivity index (χ1) is 8.58. The minimum absolute atomic E-state index is 0.275. The Hall–Kier alpha value is -0.480. The van der Waals surface area contributed by atoms with Gasteiger partial charge in [-0.3, -0.25) is 4.57 Å². The number of halogens is 4. The van der Waals surface area contributed by atoms with Crippen LogP contribution >= 0.6 is 46.4 Å². The van der Waals surface area contributed by atoms with E-state index >= 15 is 0 Å². The molecule has 1 aromatic heterocycles. The molecule has 0 radical (unpaired) electrons. The maximum absolute atomic E-state index is 6.18. The van der Waals surface area contributed by atoms with Crippen molar-refractivity contribution in [3.05, 3.63) is 38.3 Å². The van der Waals surface area contributed by atoms with Gasteiger partial charge in [-0.15, -0.1) is 10.2 Å². The number of rotatable bonds is 2. The van der Waals surface area contributed by atoms with Crippen molar-refractivity contribution in [2.24, 2.45) is 0 Å². The predicted molar refractivity (Wildman–Crippen MR) is 73.4 cm³/mol. The van der Waals surface area contributed by atoms with Crippen LogP contribution in [0.25, 0.3) is 5.69 Å². The van der Waals surface area contributed by atoms with Gasteiger partial charge in [0.15, 0.2) is 0 Å². The van der Waals surface area contributed by atoms with Crippen molar-refractivity contribution >= 4 is 46.4 Å². The second kappa shape index (κ2) is 4.57. The molecule has 0 saturated heterocycles. The Morgan fingerprint density at radius 2 is 1.61 bits per heavy atom. The molecule has 0 atom stereocenters. The van der Waals surface area contributed by atoms with Crippen LogP contribution in [0.15, 0.2) is 12.1 Å². The molecule has 2 aromatic rings. The predicted octanol–water partition coefficient (Wildman–Crippen LogP) is 4.76. The lowest BCUT2D eigenvalue weighted by molar-refractivity contribution is 0.872. The molecule has 1 aliphatic rings. The molecular weight excluding hydrogens is 316 g/mol. The normalized spacial score (nSPS) is 15.1. The van der Waals surface area contributed by atoms with Crippen molar-refractivity contribution < 1.29 is 0 Å². The molecule has 0 bridgehead atoms. The summed E-state index contributed by atoms with van der Waals surface area (Å²) in [6.07, 6.45) is 2.18. The molecule has 1 heterocycles. The molecule has 1 aliphatic carbocycles. The maximum Gasteiger partial charge on any atom is 0.229 e. The van der Waals surface area contributed by atoms with Crippen molar-refractivity contribution in [1.82, 2.24) is 14.8 Å². The van der Waals surface area contributed by atoms with Gasteiger partial charge in [0.25, 0.3) is 0 Å². The molecule has 1 aromatic carbocycles. The van der Waals surface area contributed by atoms with Crippen molar-refractivity contribution in [2.75, 3.05) is 0 Å². The first-order valence-electron chi connectivity index (χ1n) is 5.33. The van der Waals surface area contributed by atoms with Crippen LogP contribution in [0.2, 0.25) is 20.4 Å². The Labute approximate surface area is 124 Å². The van der Waals surface area contributed by atoms with Gasteiger partial charge >= 0.3 is 0 Å². The zero-order chi connectivity index (χ0) is 12.9. The van der Waals surface area contributed by atoms with Gasteiger partial charge in [0.05, 0.1) is 20.8 Å². The lowest BCUT2D eigenvalue weighted by Gasteiger charge is -2.10. The number of aromatic nitrogens is 3. The molecule has 3 nitrogen and oxygen atoms in total. The summed E-state index contributed by atoms with van der Waals surface area (Å²) in [5, 5.41) is 9.55. The van der Waals surface area contributed by atoms with Crippen molar-refractivity contribution in [1.29, 1.82) is 0 Å². The third-order valence-electron chi connectivity index (χ3n) is 2.82. The summed E-state index contributed by atoms with van der Waals surface area (Å²) in [7, 11) is 0. The summed E-state index contributed by atoms with van der Waals surface area (Å²) in [6, 6.07) is 3.27. The van der Waals surface area contributed by atoms with Crippen molar-refractivity contribution in [3.8, 4) is 5.69 Å². The van der Waals surface area contributed by atoms with Crippen LogP contribution in [0.4, 0.5) is 0 Å². The van der Waals surface area contributed by atoms with Crippen molar-refractivity contribution in [2.45, 2.75) is 18.8 Å². The molecule has 3 rings (SSSR count). The SMILES string of the molecule is Clc1cc(Cl)c(-n2c(Cl)nnc2C2CC2)cc1Cl. The van der Waals surface area contributed by atoms with Crippen LogP contribution in [0.3, 0.4) is 0 Å². The summed E-state index contributed by atoms with van der Waals surface area (Å²) in [4.78, 5) is 0. The summed E-state index contributed by atoms with van der Waals surface area (Å²) < 4.78 is 1.73. The largest absolute Gasteiger partial charge is 0.268 e. The highest BCUT2D eigenvalue weighted by molar-refractivity contribution is 6.43. The number of hydrogen-bond acceptors (Lipinski definition) is 2. The quantitative estimate of drug-likeness (QED) is 0.746. The second-order valence-electron chi connectivity index (χ2n) is 4.15.